The standard InChI is InChI=1S/C7H15O2/c1-4-7(3)9-5-6(2)8/h6-8H,2,4-5H2,1,3H3. The van der Waals surface area contributed by atoms with Crippen molar-refractivity contribution in [1.82, 2.24) is 0 Å². The summed E-state index contributed by atoms with van der Waals surface area (Å²) in [5, 5.41) is 8.66. The van der Waals surface area contributed by atoms with Gasteiger partial charge in [-0.05, 0) is 20.3 Å². The molecule has 1 N–H and O–H groups in total. The average molecular weight is 131 g/mol. The van der Waals surface area contributed by atoms with Crippen molar-refractivity contribution in [3.8, 4) is 0 Å². The second-order valence-electron chi connectivity index (χ2n) is 2.21. The fourth-order valence-electron chi connectivity index (χ4n) is 0.393. The SMILES string of the molecule is [CH2]C(O)COC(C)CC. The molecule has 0 aliphatic carbocycles. The van der Waals surface area contributed by atoms with Crippen LogP contribution in [0.1, 0.15) is 20.3 Å². The molecule has 2 unspecified atom stereocenters. The third-order valence-corrected chi connectivity index (χ3v) is 1.15. The van der Waals surface area contributed by atoms with E-state index in [0.717, 1.165) is 6.42 Å². The van der Waals surface area contributed by atoms with Crippen LogP contribution in [0.5, 0.6) is 0 Å². The van der Waals surface area contributed by atoms with Gasteiger partial charge >= 0.3 is 0 Å². The van der Waals surface area contributed by atoms with Gasteiger partial charge in [0.2, 0.25) is 0 Å². The van der Waals surface area contributed by atoms with E-state index in [4.69, 9.17) is 9.84 Å². The van der Waals surface area contributed by atoms with Gasteiger partial charge in [-0.2, -0.15) is 0 Å². The van der Waals surface area contributed by atoms with E-state index in [0.29, 0.717) is 6.61 Å². The first kappa shape index (κ1) is 8.92. The van der Waals surface area contributed by atoms with Gasteiger partial charge in [-0.15, -0.1) is 0 Å². The molecule has 0 bridgehead atoms. The van der Waals surface area contributed by atoms with Gasteiger partial charge in [0.1, 0.15) is 0 Å². The predicted octanol–water partition coefficient (Wildman–Crippen LogP) is 0.996. The van der Waals surface area contributed by atoms with Gasteiger partial charge < -0.3 is 9.84 Å². The maximum atomic E-state index is 8.66. The fourth-order valence-corrected chi connectivity index (χ4v) is 0.393. The molecule has 0 rings (SSSR count). The van der Waals surface area contributed by atoms with E-state index in [9.17, 15) is 0 Å². The van der Waals surface area contributed by atoms with Crippen molar-refractivity contribution >= 4 is 0 Å². The van der Waals surface area contributed by atoms with Crippen molar-refractivity contribution in [2.75, 3.05) is 6.61 Å². The molecule has 55 valence electrons. The fraction of sp³-hybridized carbons (Fsp3) is 0.857. The molecule has 0 aliphatic rings. The first-order valence-corrected chi connectivity index (χ1v) is 3.29. The predicted molar refractivity (Wildman–Crippen MR) is 37.1 cm³/mol. The zero-order valence-corrected chi connectivity index (χ0v) is 6.13. The first-order chi connectivity index (χ1) is 4.16. The Bertz CT molecular complexity index is 61.9. The van der Waals surface area contributed by atoms with E-state index in [1.54, 1.807) is 0 Å². The summed E-state index contributed by atoms with van der Waals surface area (Å²) >= 11 is 0. The highest BCUT2D eigenvalue weighted by Crippen LogP contribution is 1.95. The van der Waals surface area contributed by atoms with Crippen LogP contribution in [0.15, 0.2) is 0 Å². The number of aliphatic hydroxyl groups is 1. The van der Waals surface area contributed by atoms with Gasteiger partial charge in [0.25, 0.3) is 0 Å². The van der Waals surface area contributed by atoms with Crippen molar-refractivity contribution in [2.24, 2.45) is 0 Å². The van der Waals surface area contributed by atoms with Crippen molar-refractivity contribution in [3.63, 3.8) is 0 Å². The summed E-state index contributed by atoms with van der Waals surface area (Å²) in [6.07, 6.45) is 0.632. The minimum atomic E-state index is -0.584. The Labute approximate surface area is 56.8 Å². The summed E-state index contributed by atoms with van der Waals surface area (Å²) in [7, 11) is 0. The van der Waals surface area contributed by atoms with Gasteiger partial charge in [0.15, 0.2) is 0 Å². The van der Waals surface area contributed by atoms with Crippen molar-refractivity contribution in [1.29, 1.82) is 0 Å². The van der Waals surface area contributed by atoms with Crippen LogP contribution < -0.4 is 0 Å². The minimum absolute atomic E-state index is 0.237. The van der Waals surface area contributed by atoms with E-state index in [1.165, 1.54) is 0 Å². The van der Waals surface area contributed by atoms with Crippen LogP contribution in [-0.2, 0) is 4.74 Å². The zero-order chi connectivity index (χ0) is 7.28. The Morgan fingerprint density at radius 1 is 1.67 bits per heavy atom. The molecule has 2 atom stereocenters. The van der Waals surface area contributed by atoms with Crippen molar-refractivity contribution in [3.05, 3.63) is 6.92 Å². The molecule has 0 aromatic carbocycles. The Morgan fingerprint density at radius 2 is 2.22 bits per heavy atom. The normalized spacial score (nSPS) is 17.3. The molecule has 0 aromatic rings. The van der Waals surface area contributed by atoms with Crippen LogP contribution in [0, 0.1) is 6.92 Å². The number of hydrogen-bond donors (Lipinski definition) is 1. The molecule has 1 radical (unpaired) electrons. The van der Waals surface area contributed by atoms with Crippen molar-refractivity contribution < 1.29 is 9.84 Å². The molecule has 2 heteroatoms. The molecule has 0 saturated carbocycles. The lowest BCUT2D eigenvalue weighted by atomic mass is 10.3. The number of aliphatic hydroxyl groups excluding tert-OH is 1. The van der Waals surface area contributed by atoms with E-state index in [2.05, 4.69) is 6.92 Å². The van der Waals surface area contributed by atoms with E-state index in [-0.39, 0.29) is 6.10 Å². The van der Waals surface area contributed by atoms with Crippen LogP contribution in [-0.4, -0.2) is 23.9 Å². The average Bonchev–Trinajstić information content (AvgIpc) is 1.83. The maximum absolute atomic E-state index is 8.66. The molecule has 0 spiro atoms. The summed E-state index contributed by atoms with van der Waals surface area (Å²) in [6, 6.07) is 0. The molecule has 2 nitrogen and oxygen atoms in total. The molecular formula is C7H15O2. The smallest absolute Gasteiger partial charge is 0.0774 e. The number of ether oxygens (including phenoxy) is 1. The molecule has 0 saturated heterocycles. The lowest BCUT2D eigenvalue weighted by molar-refractivity contribution is 0.0130. The van der Waals surface area contributed by atoms with Gasteiger partial charge in [0.05, 0.1) is 18.8 Å². The molecule has 0 heterocycles. The second kappa shape index (κ2) is 4.77. The highest BCUT2D eigenvalue weighted by molar-refractivity contribution is 4.55. The summed E-state index contributed by atoms with van der Waals surface area (Å²) in [6.45, 7) is 7.73. The zero-order valence-electron chi connectivity index (χ0n) is 6.13. The Morgan fingerprint density at radius 3 is 2.56 bits per heavy atom. The third kappa shape index (κ3) is 5.80. The highest BCUT2D eigenvalue weighted by atomic mass is 16.5. The van der Waals surface area contributed by atoms with Crippen LogP contribution >= 0.6 is 0 Å². The van der Waals surface area contributed by atoms with Gasteiger partial charge in [-0.25, -0.2) is 0 Å². The van der Waals surface area contributed by atoms with Crippen LogP contribution in [0.3, 0.4) is 0 Å². The quantitative estimate of drug-likeness (QED) is 0.616. The van der Waals surface area contributed by atoms with E-state index >= 15 is 0 Å². The van der Waals surface area contributed by atoms with Crippen LogP contribution in [0.2, 0.25) is 0 Å². The third-order valence-electron chi connectivity index (χ3n) is 1.15. The van der Waals surface area contributed by atoms with Gasteiger partial charge in [0, 0.05) is 0 Å². The lowest BCUT2D eigenvalue weighted by Gasteiger charge is -2.11. The Balaban J connectivity index is 3.06. The summed E-state index contributed by atoms with van der Waals surface area (Å²) in [5.41, 5.74) is 0. The van der Waals surface area contributed by atoms with Crippen LogP contribution in [0.25, 0.3) is 0 Å². The molecule has 0 aromatic heterocycles. The van der Waals surface area contributed by atoms with E-state index in [1.807, 2.05) is 13.8 Å². The van der Waals surface area contributed by atoms with E-state index < -0.39 is 6.10 Å². The molecule has 9 heavy (non-hydrogen) atoms. The van der Waals surface area contributed by atoms with Gasteiger partial charge in [-0.1, -0.05) is 6.92 Å². The summed E-state index contributed by atoms with van der Waals surface area (Å²) in [5.74, 6) is 0. The lowest BCUT2D eigenvalue weighted by Crippen LogP contribution is -2.16. The second-order valence-corrected chi connectivity index (χ2v) is 2.21. The monoisotopic (exact) mass is 131 g/mol. The topological polar surface area (TPSA) is 29.5 Å². The Hall–Kier alpha value is -0.0800. The summed E-state index contributed by atoms with van der Waals surface area (Å²) < 4.78 is 5.14. The van der Waals surface area contributed by atoms with Crippen molar-refractivity contribution in [2.45, 2.75) is 32.5 Å². The number of hydrogen-bond acceptors (Lipinski definition) is 2. The Kier molecular flexibility index (Phi) is 4.72. The minimum Gasteiger partial charge on any atom is -0.391 e. The van der Waals surface area contributed by atoms with Crippen LogP contribution in [0.4, 0.5) is 0 Å². The molecule has 0 aliphatic heterocycles. The maximum Gasteiger partial charge on any atom is 0.0774 e. The first-order valence-electron chi connectivity index (χ1n) is 3.29. The largest absolute Gasteiger partial charge is 0.391 e. The molecular weight excluding hydrogens is 116 g/mol. The molecule has 0 fully saturated rings. The highest BCUT2D eigenvalue weighted by Gasteiger charge is 1.99. The molecule has 0 amide bonds. The summed E-state index contributed by atoms with van der Waals surface area (Å²) in [4.78, 5) is 0. The number of rotatable bonds is 4. The van der Waals surface area contributed by atoms with Gasteiger partial charge in [-0.3, -0.25) is 0 Å².